The molecule has 1 fully saturated rings. The SMILES string of the molecule is NOC1(ON)CCC(=O)CC1. The first-order valence-electron chi connectivity index (χ1n) is 3.50. The molecule has 1 rings (SSSR count). The fourth-order valence-corrected chi connectivity index (χ4v) is 1.17. The lowest BCUT2D eigenvalue weighted by Gasteiger charge is -2.31. The molecule has 64 valence electrons. The van der Waals surface area contributed by atoms with Crippen molar-refractivity contribution in [2.75, 3.05) is 0 Å². The Morgan fingerprint density at radius 3 is 2.00 bits per heavy atom. The molecule has 5 nitrogen and oxygen atoms in total. The van der Waals surface area contributed by atoms with E-state index in [0.717, 1.165) is 0 Å². The highest BCUT2D eigenvalue weighted by molar-refractivity contribution is 5.79. The zero-order valence-electron chi connectivity index (χ0n) is 6.21. The zero-order valence-corrected chi connectivity index (χ0v) is 6.21. The van der Waals surface area contributed by atoms with Crippen LogP contribution in [0, 0.1) is 0 Å². The summed E-state index contributed by atoms with van der Waals surface area (Å²) in [5, 5.41) is 0. The summed E-state index contributed by atoms with van der Waals surface area (Å²) < 4.78 is 0. The van der Waals surface area contributed by atoms with E-state index in [2.05, 4.69) is 9.68 Å². The molecular formula is C6H12N2O3. The van der Waals surface area contributed by atoms with Crippen LogP contribution >= 0.6 is 0 Å². The molecule has 1 aliphatic rings. The third kappa shape index (κ3) is 1.75. The maximum Gasteiger partial charge on any atom is 0.206 e. The van der Waals surface area contributed by atoms with Gasteiger partial charge in [0.1, 0.15) is 5.78 Å². The van der Waals surface area contributed by atoms with E-state index in [0.29, 0.717) is 25.7 Å². The minimum atomic E-state index is -0.923. The predicted octanol–water partition coefficient (Wildman–Crippen LogP) is -0.394. The average Bonchev–Trinajstić information content (AvgIpc) is 2.07. The number of ketones is 1. The summed E-state index contributed by atoms with van der Waals surface area (Å²) in [5.41, 5.74) is 0. The van der Waals surface area contributed by atoms with E-state index >= 15 is 0 Å². The Kier molecular flexibility index (Phi) is 2.56. The summed E-state index contributed by atoms with van der Waals surface area (Å²) in [4.78, 5) is 19.9. The second-order valence-corrected chi connectivity index (χ2v) is 2.69. The minimum absolute atomic E-state index is 0.203. The van der Waals surface area contributed by atoms with Crippen molar-refractivity contribution < 1.29 is 14.5 Å². The molecule has 0 aliphatic heterocycles. The highest BCUT2D eigenvalue weighted by Crippen LogP contribution is 2.28. The third-order valence-corrected chi connectivity index (χ3v) is 2.00. The van der Waals surface area contributed by atoms with Crippen LogP contribution < -0.4 is 11.8 Å². The largest absolute Gasteiger partial charge is 0.300 e. The number of hydrogen-bond acceptors (Lipinski definition) is 5. The molecule has 0 atom stereocenters. The van der Waals surface area contributed by atoms with Gasteiger partial charge in [-0.1, -0.05) is 0 Å². The van der Waals surface area contributed by atoms with Crippen LogP contribution in [0.15, 0.2) is 0 Å². The molecule has 0 heterocycles. The van der Waals surface area contributed by atoms with Crippen molar-refractivity contribution in [2.45, 2.75) is 31.5 Å². The van der Waals surface area contributed by atoms with Gasteiger partial charge >= 0.3 is 0 Å². The molecule has 0 saturated heterocycles. The Balaban J connectivity index is 2.52. The molecule has 0 radical (unpaired) electrons. The van der Waals surface area contributed by atoms with Crippen LogP contribution in [0.1, 0.15) is 25.7 Å². The fourth-order valence-electron chi connectivity index (χ4n) is 1.17. The molecule has 0 amide bonds. The van der Waals surface area contributed by atoms with Gasteiger partial charge in [0.05, 0.1) is 0 Å². The van der Waals surface area contributed by atoms with Gasteiger partial charge in [-0.2, -0.15) is 0 Å². The van der Waals surface area contributed by atoms with E-state index in [-0.39, 0.29) is 5.78 Å². The highest BCUT2D eigenvalue weighted by atomic mass is 16.8. The quantitative estimate of drug-likeness (QED) is 0.424. The van der Waals surface area contributed by atoms with Crippen LogP contribution in [0.5, 0.6) is 0 Å². The second kappa shape index (κ2) is 3.27. The van der Waals surface area contributed by atoms with Crippen LogP contribution in [0.3, 0.4) is 0 Å². The maximum absolute atomic E-state index is 10.8. The summed E-state index contributed by atoms with van der Waals surface area (Å²) in [6.45, 7) is 0. The standard InChI is InChI=1S/C6H12N2O3/c7-10-6(11-8)3-1-5(9)2-4-6/h1-4,7-8H2. The van der Waals surface area contributed by atoms with Crippen LogP contribution in [0.25, 0.3) is 0 Å². The molecule has 1 aliphatic carbocycles. The van der Waals surface area contributed by atoms with Crippen LogP contribution in [-0.2, 0) is 14.5 Å². The summed E-state index contributed by atoms with van der Waals surface area (Å²) in [6, 6.07) is 0. The molecule has 1 saturated carbocycles. The van der Waals surface area contributed by atoms with E-state index in [1.54, 1.807) is 0 Å². The molecule has 0 aromatic carbocycles. The number of Topliss-reactive ketones (excluding diaryl/α,β-unsaturated/α-hetero) is 1. The highest BCUT2D eigenvalue weighted by Gasteiger charge is 2.36. The summed E-state index contributed by atoms with van der Waals surface area (Å²) in [6.07, 6.45) is 1.74. The normalized spacial score (nSPS) is 23.6. The van der Waals surface area contributed by atoms with Crippen molar-refractivity contribution in [3.05, 3.63) is 0 Å². The monoisotopic (exact) mass is 160 g/mol. The number of carbonyl (C=O) groups is 1. The van der Waals surface area contributed by atoms with Crippen molar-refractivity contribution in [3.63, 3.8) is 0 Å². The molecule has 0 aromatic heterocycles. The van der Waals surface area contributed by atoms with Gasteiger partial charge in [0.2, 0.25) is 5.79 Å². The second-order valence-electron chi connectivity index (χ2n) is 2.69. The Bertz CT molecular complexity index is 144. The lowest BCUT2D eigenvalue weighted by atomic mass is 9.93. The van der Waals surface area contributed by atoms with Crippen molar-refractivity contribution in [1.29, 1.82) is 0 Å². The van der Waals surface area contributed by atoms with Crippen molar-refractivity contribution in [1.82, 2.24) is 0 Å². The maximum atomic E-state index is 10.8. The molecule has 0 unspecified atom stereocenters. The predicted molar refractivity (Wildman–Crippen MR) is 36.8 cm³/mol. The Morgan fingerprint density at radius 2 is 1.64 bits per heavy atom. The zero-order chi connectivity index (χ0) is 8.32. The van der Waals surface area contributed by atoms with Crippen LogP contribution in [0.4, 0.5) is 0 Å². The number of nitrogens with two attached hydrogens (primary N) is 2. The summed E-state index contributed by atoms with van der Waals surface area (Å²) >= 11 is 0. The van der Waals surface area contributed by atoms with Gasteiger partial charge in [-0.3, -0.25) is 14.5 Å². The topological polar surface area (TPSA) is 87.6 Å². The average molecular weight is 160 g/mol. The fraction of sp³-hybridized carbons (Fsp3) is 0.833. The van der Waals surface area contributed by atoms with Gasteiger partial charge in [-0.25, -0.2) is 11.8 Å². The molecule has 11 heavy (non-hydrogen) atoms. The van der Waals surface area contributed by atoms with Crippen LogP contribution in [0.2, 0.25) is 0 Å². The van der Waals surface area contributed by atoms with Crippen molar-refractivity contribution in [3.8, 4) is 0 Å². The molecule has 0 spiro atoms. The van der Waals surface area contributed by atoms with Gasteiger partial charge in [-0.15, -0.1) is 0 Å². The van der Waals surface area contributed by atoms with Gasteiger partial charge < -0.3 is 0 Å². The van der Waals surface area contributed by atoms with E-state index in [1.807, 2.05) is 0 Å². The molecule has 4 N–H and O–H groups in total. The van der Waals surface area contributed by atoms with Crippen molar-refractivity contribution in [2.24, 2.45) is 11.8 Å². The van der Waals surface area contributed by atoms with Gasteiger partial charge in [0, 0.05) is 25.7 Å². The van der Waals surface area contributed by atoms with Gasteiger partial charge in [0.25, 0.3) is 0 Å². The van der Waals surface area contributed by atoms with Crippen LogP contribution in [-0.4, -0.2) is 11.6 Å². The van der Waals surface area contributed by atoms with Gasteiger partial charge in [0.15, 0.2) is 0 Å². The number of rotatable bonds is 2. The van der Waals surface area contributed by atoms with E-state index in [4.69, 9.17) is 11.8 Å². The molecule has 0 aromatic rings. The molecular weight excluding hydrogens is 148 g/mol. The lowest BCUT2D eigenvalue weighted by Crippen LogP contribution is -2.44. The van der Waals surface area contributed by atoms with Crippen molar-refractivity contribution >= 4 is 5.78 Å². The summed E-state index contributed by atoms with van der Waals surface area (Å²) in [7, 11) is 0. The smallest absolute Gasteiger partial charge is 0.206 e. The number of hydrogen-bond donors (Lipinski definition) is 2. The first-order valence-corrected chi connectivity index (χ1v) is 3.50. The number of carbonyl (C=O) groups excluding carboxylic acids is 1. The summed E-state index contributed by atoms with van der Waals surface area (Å²) in [5.74, 6) is 9.24. The lowest BCUT2D eigenvalue weighted by molar-refractivity contribution is -0.256. The van der Waals surface area contributed by atoms with Gasteiger partial charge in [-0.05, 0) is 0 Å². The molecule has 0 bridgehead atoms. The Labute approximate surface area is 64.5 Å². The minimum Gasteiger partial charge on any atom is -0.300 e. The first kappa shape index (κ1) is 8.61. The third-order valence-electron chi connectivity index (χ3n) is 2.00. The Morgan fingerprint density at radius 1 is 1.18 bits per heavy atom. The first-order chi connectivity index (χ1) is 5.22. The van der Waals surface area contributed by atoms with E-state index < -0.39 is 5.79 Å². The molecule has 5 heteroatoms. The van der Waals surface area contributed by atoms with E-state index in [9.17, 15) is 4.79 Å². The Hall–Kier alpha value is -0.490. The van der Waals surface area contributed by atoms with E-state index in [1.165, 1.54) is 0 Å².